The predicted octanol–water partition coefficient (Wildman–Crippen LogP) is 2.29. The summed E-state index contributed by atoms with van der Waals surface area (Å²) in [7, 11) is 0. The third-order valence-electron chi connectivity index (χ3n) is 2.89. The zero-order valence-corrected chi connectivity index (χ0v) is 9.90. The lowest BCUT2D eigenvalue weighted by molar-refractivity contribution is -0.137. The van der Waals surface area contributed by atoms with Crippen LogP contribution in [0.2, 0.25) is 0 Å². The molecular formula is C13H17NO3. The van der Waals surface area contributed by atoms with Crippen molar-refractivity contribution in [3.63, 3.8) is 0 Å². The van der Waals surface area contributed by atoms with Crippen LogP contribution in [-0.4, -0.2) is 23.7 Å². The molecule has 17 heavy (non-hydrogen) atoms. The van der Waals surface area contributed by atoms with Crippen LogP contribution in [0.5, 0.6) is 5.75 Å². The van der Waals surface area contributed by atoms with E-state index in [2.05, 4.69) is 11.4 Å². The Balaban J connectivity index is 1.92. The Morgan fingerprint density at radius 2 is 2.41 bits per heavy atom. The minimum Gasteiger partial charge on any atom is -0.493 e. The number of carboxylic acids is 1. The zero-order valence-electron chi connectivity index (χ0n) is 9.90. The number of carbonyl (C=O) groups is 1. The van der Waals surface area contributed by atoms with Crippen molar-refractivity contribution in [3.8, 4) is 5.75 Å². The average molecular weight is 235 g/mol. The molecule has 1 aliphatic heterocycles. The Kier molecular flexibility index (Phi) is 3.52. The topological polar surface area (TPSA) is 58.6 Å². The Morgan fingerprint density at radius 1 is 1.59 bits per heavy atom. The second-order valence-electron chi connectivity index (χ2n) is 4.40. The molecule has 1 unspecified atom stereocenters. The van der Waals surface area contributed by atoms with E-state index in [1.807, 2.05) is 19.1 Å². The second-order valence-corrected chi connectivity index (χ2v) is 4.40. The average Bonchev–Trinajstić information content (AvgIpc) is 2.73. The van der Waals surface area contributed by atoms with Gasteiger partial charge in [0.05, 0.1) is 6.61 Å². The van der Waals surface area contributed by atoms with Gasteiger partial charge in [0.25, 0.3) is 0 Å². The number of hydrogen-bond acceptors (Lipinski definition) is 3. The predicted molar refractivity (Wildman–Crippen MR) is 65.6 cm³/mol. The van der Waals surface area contributed by atoms with Crippen molar-refractivity contribution in [2.24, 2.45) is 0 Å². The molecule has 1 atom stereocenters. The molecular weight excluding hydrogens is 218 g/mol. The van der Waals surface area contributed by atoms with Crippen LogP contribution < -0.4 is 10.1 Å². The van der Waals surface area contributed by atoms with Gasteiger partial charge in [-0.1, -0.05) is 0 Å². The number of carboxylic acid groups (broad SMARTS) is 1. The summed E-state index contributed by atoms with van der Waals surface area (Å²) >= 11 is 0. The highest BCUT2D eigenvalue weighted by atomic mass is 16.5. The largest absolute Gasteiger partial charge is 0.493 e. The first-order valence-corrected chi connectivity index (χ1v) is 5.89. The van der Waals surface area contributed by atoms with E-state index in [9.17, 15) is 4.79 Å². The van der Waals surface area contributed by atoms with Crippen molar-refractivity contribution in [1.29, 1.82) is 0 Å². The molecule has 0 amide bonds. The Bertz CT molecular complexity index is 417. The highest BCUT2D eigenvalue weighted by Gasteiger charge is 2.12. The highest BCUT2D eigenvalue weighted by Crippen LogP contribution is 2.28. The van der Waals surface area contributed by atoms with E-state index in [1.54, 1.807) is 0 Å². The number of fused-ring (bicyclic) bond motifs is 1. The van der Waals surface area contributed by atoms with E-state index in [-0.39, 0.29) is 12.5 Å². The third kappa shape index (κ3) is 3.12. The van der Waals surface area contributed by atoms with E-state index in [0.29, 0.717) is 6.42 Å². The lowest BCUT2D eigenvalue weighted by Crippen LogP contribution is -2.16. The van der Waals surface area contributed by atoms with Crippen LogP contribution >= 0.6 is 0 Å². The van der Waals surface area contributed by atoms with Crippen LogP contribution in [0, 0.1) is 0 Å². The molecule has 4 heteroatoms. The number of ether oxygens (including phenoxy) is 1. The number of nitrogens with one attached hydrogen (secondary N) is 1. The lowest BCUT2D eigenvalue weighted by Gasteiger charge is -2.14. The first-order chi connectivity index (χ1) is 8.15. The van der Waals surface area contributed by atoms with Gasteiger partial charge in [-0.25, -0.2) is 0 Å². The summed E-state index contributed by atoms with van der Waals surface area (Å²) in [6.07, 6.45) is 1.78. The van der Waals surface area contributed by atoms with Crippen molar-refractivity contribution < 1.29 is 14.6 Å². The van der Waals surface area contributed by atoms with Crippen LogP contribution in [0.1, 0.15) is 25.3 Å². The van der Waals surface area contributed by atoms with Gasteiger partial charge in [-0.3, -0.25) is 4.79 Å². The van der Waals surface area contributed by atoms with Gasteiger partial charge >= 0.3 is 5.97 Å². The molecule has 1 aromatic carbocycles. The van der Waals surface area contributed by atoms with E-state index in [4.69, 9.17) is 9.84 Å². The molecule has 92 valence electrons. The zero-order chi connectivity index (χ0) is 12.3. The Hall–Kier alpha value is -1.71. The SMILES string of the molecule is CC(CCC(=O)O)Nc1ccc2c(c1)CCO2. The molecule has 1 aliphatic rings. The van der Waals surface area contributed by atoms with Crippen LogP contribution in [0.3, 0.4) is 0 Å². The van der Waals surface area contributed by atoms with Crippen molar-refractivity contribution in [2.75, 3.05) is 11.9 Å². The fraction of sp³-hybridized carbons (Fsp3) is 0.462. The summed E-state index contributed by atoms with van der Waals surface area (Å²) in [5, 5.41) is 11.9. The molecule has 1 aromatic rings. The summed E-state index contributed by atoms with van der Waals surface area (Å²) in [5.74, 6) is 0.217. The number of aliphatic carboxylic acids is 1. The molecule has 0 bridgehead atoms. The molecule has 0 saturated heterocycles. The summed E-state index contributed by atoms with van der Waals surface area (Å²) in [6.45, 7) is 2.75. The first kappa shape index (κ1) is 11.8. The van der Waals surface area contributed by atoms with E-state index in [1.165, 1.54) is 5.56 Å². The number of hydrogen-bond donors (Lipinski definition) is 2. The Morgan fingerprint density at radius 3 is 3.18 bits per heavy atom. The molecule has 0 aliphatic carbocycles. The molecule has 0 saturated carbocycles. The quantitative estimate of drug-likeness (QED) is 0.822. The Labute approximate surface area is 101 Å². The molecule has 2 N–H and O–H groups in total. The standard InChI is InChI=1S/C13H17NO3/c1-9(2-5-13(15)16)14-11-3-4-12-10(8-11)6-7-17-12/h3-4,8-9,14H,2,5-7H2,1H3,(H,15,16). The van der Waals surface area contributed by atoms with Crippen LogP contribution in [0.15, 0.2) is 18.2 Å². The van der Waals surface area contributed by atoms with E-state index in [0.717, 1.165) is 24.5 Å². The molecule has 0 radical (unpaired) electrons. The molecule has 0 spiro atoms. The summed E-state index contributed by atoms with van der Waals surface area (Å²) < 4.78 is 5.43. The molecule has 2 rings (SSSR count). The number of anilines is 1. The summed E-state index contributed by atoms with van der Waals surface area (Å²) in [6, 6.07) is 6.18. The fourth-order valence-corrected chi connectivity index (χ4v) is 1.97. The third-order valence-corrected chi connectivity index (χ3v) is 2.89. The van der Waals surface area contributed by atoms with Crippen molar-refractivity contribution in [1.82, 2.24) is 0 Å². The summed E-state index contributed by atoms with van der Waals surface area (Å²) in [5.41, 5.74) is 2.26. The number of benzene rings is 1. The fourth-order valence-electron chi connectivity index (χ4n) is 1.97. The number of rotatable bonds is 5. The van der Waals surface area contributed by atoms with E-state index < -0.39 is 5.97 Å². The van der Waals surface area contributed by atoms with Crippen molar-refractivity contribution >= 4 is 11.7 Å². The van der Waals surface area contributed by atoms with Crippen LogP contribution in [0.4, 0.5) is 5.69 Å². The van der Waals surface area contributed by atoms with Crippen molar-refractivity contribution in [2.45, 2.75) is 32.2 Å². The van der Waals surface area contributed by atoms with Gasteiger partial charge in [0.1, 0.15) is 5.75 Å². The summed E-state index contributed by atoms with van der Waals surface area (Å²) in [4.78, 5) is 10.5. The van der Waals surface area contributed by atoms with Gasteiger partial charge < -0.3 is 15.2 Å². The lowest BCUT2D eigenvalue weighted by atomic mass is 10.1. The molecule has 1 heterocycles. The minimum absolute atomic E-state index is 0.159. The maximum absolute atomic E-state index is 10.5. The van der Waals surface area contributed by atoms with Crippen molar-refractivity contribution in [3.05, 3.63) is 23.8 Å². The van der Waals surface area contributed by atoms with Gasteiger partial charge in [0.15, 0.2) is 0 Å². The molecule has 4 nitrogen and oxygen atoms in total. The van der Waals surface area contributed by atoms with E-state index >= 15 is 0 Å². The maximum Gasteiger partial charge on any atom is 0.303 e. The van der Waals surface area contributed by atoms with Gasteiger partial charge in [-0.15, -0.1) is 0 Å². The van der Waals surface area contributed by atoms with Crippen LogP contribution in [-0.2, 0) is 11.2 Å². The minimum atomic E-state index is -0.749. The van der Waals surface area contributed by atoms with Gasteiger partial charge in [-0.2, -0.15) is 0 Å². The van der Waals surface area contributed by atoms with Crippen LogP contribution in [0.25, 0.3) is 0 Å². The normalized spacial score (nSPS) is 14.9. The first-order valence-electron chi connectivity index (χ1n) is 5.89. The van der Waals surface area contributed by atoms with Gasteiger partial charge in [-0.05, 0) is 37.1 Å². The second kappa shape index (κ2) is 5.08. The van der Waals surface area contributed by atoms with Gasteiger partial charge in [0, 0.05) is 24.6 Å². The molecule has 0 fully saturated rings. The van der Waals surface area contributed by atoms with Gasteiger partial charge in [0.2, 0.25) is 0 Å². The monoisotopic (exact) mass is 235 g/mol. The highest BCUT2D eigenvalue weighted by molar-refractivity contribution is 5.66. The maximum atomic E-state index is 10.5. The molecule has 0 aromatic heterocycles. The smallest absolute Gasteiger partial charge is 0.303 e.